The molecule has 0 aliphatic carbocycles. The van der Waals surface area contributed by atoms with Gasteiger partial charge in [0, 0.05) is 0 Å². The summed E-state index contributed by atoms with van der Waals surface area (Å²) in [6.07, 6.45) is 1.56. The lowest BCUT2D eigenvalue weighted by Crippen LogP contribution is -2.24. The van der Waals surface area contributed by atoms with Gasteiger partial charge in [0.15, 0.2) is 6.61 Å². The SMILES string of the molecule is CCOc1ccc(/C=N\NC(=O)COc2ccc(OCC)cc2)cc1. The molecule has 2 rings (SSSR count). The van der Waals surface area contributed by atoms with Gasteiger partial charge in [0.2, 0.25) is 0 Å². The molecule has 0 bridgehead atoms. The van der Waals surface area contributed by atoms with Gasteiger partial charge in [-0.1, -0.05) is 0 Å². The molecule has 0 saturated heterocycles. The first-order valence-electron chi connectivity index (χ1n) is 8.11. The Balaban J connectivity index is 1.74. The molecule has 0 radical (unpaired) electrons. The molecule has 0 saturated carbocycles. The third-order valence-corrected chi connectivity index (χ3v) is 3.10. The summed E-state index contributed by atoms with van der Waals surface area (Å²) in [6, 6.07) is 14.5. The summed E-state index contributed by atoms with van der Waals surface area (Å²) in [5, 5.41) is 3.90. The monoisotopic (exact) mass is 342 g/mol. The van der Waals surface area contributed by atoms with E-state index in [0.717, 1.165) is 17.1 Å². The zero-order valence-corrected chi connectivity index (χ0v) is 14.4. The number of nitrogens with zero attached hydrogens (tertiary/aromatic N) is 1. The zero-order chi connectivity index (χ0) is 17.9. The molecule has 132 valence electrons. The van der Waals surface area contributed by atoms with Crippen molar-refractivity contribution in [3.63, 3.8) is 0 Å². The average molecular weight is 342 g/mol. The fourth-order valence-electron chi connectivity index (χ4n) is 1.98. The van der Waals surface area contributed by atoms with Crippen LogP contribution in [0.4, 0.5) is 0 Å². The lowest BCUT2D eigenvalue weighted by Gasteiger charge is -2.06. The van der Waals surface area contributed by atoms with Crippen molar-refractivity contribution in [2.24, 2.45) is 5.10 Å². The molecule has 25 heavy (non-hydrogen) atoms. The fourth-order valence-corrected chi connectivity index (χ4v) is 1.98. The van der Waals surface area contributed by atoms with Crippen LogP contribution in [0.15, 0.2) is 53.6 Å². The lowest BCUT2D eigenvalue weighted by atomic mass is 10.2. The molecule has 2 aromatic carbocycles. The summed E-state index contributed by atoms with van der Waals surface area (Å²) in [6.45, 7) is 4.96. The van der Waals surface area contributed by atoms with Crippen LogP contribution in [0.25, 0.3) is 0 Å². The molecule has 2 aromatic rings. The maximum atomic E-state index is 11.7. The second-order valence-electron chi connectivity index (χ2n) is 4.99. The summed E-state index contributed by atoms with van der Waals surface area (Å²) < 4.78 is 16.1. The molecule has 0 unspecified atom stereocenters. The van der Waals surface area contributed by atoms with E-state index >= 15 is 0 Å². The van der Waals surface area contributed by atoms with Gasteiger partial charge in [-0.15, -0.1) is 0 Å². The van der Waals surface area contributed by atoms with Gasteiger partial charge in [0.1, 0.15) is 17.2 Å². The number of ether oxygens (including phenoxy) is 3. The number of carbonyl (C=O) groups is 1. The van der Waals surface area contributed by atoms with E-state index in [2.05, 4.69) is 10.5 Å². The molecular formula is C19H22N2O4. The molecule has 0 aliphatic rings. The molecule has 1 amide bonds. The second-order valence-corrected chi connectivity index (χ2v) is 4.99. The minimum Gasteiger partial charge on any atom is -0.494 e. The van der Waals surface area contributed by atoms with Crippen molar-refractivity contribution in [2.75, 3.05) is 19.8 Å². The predicted molar refractivity (Wildman–Crippen MR) is 96.5 cm³/mol. The summed E-state index contributed by atoms with van der Waals surface area (Å²) >= 11 is 0. The Morgan fingerprint density at radius 3 is 1.88 bits per heavy atom. The van der Waals surface area contributed by atoms with E-state index < -0.39 is 0 Å². The molecule has 0 heterocycles. The minimum absolute atomic E-state index is 0.116. The van der Waals surface area contributed by atoms with E-state index in [1.54, 1.807) is 30.5 Å². The Labute approximate surface area is 147 Å². The third kappa shape index (κ3) is 6.55. The van der Waals surface area contributed by atoms with E-state index in [-0.39, 0.29) is 12.5 Å². The zero-order valence-electron chi connectivity index (χ0n) is 14.4. The van der Waals surface area contributed by atoms with E-state index in [1.807, 2.05) is 38.1 Å². The maximum Gasteiger partial charge on any atom is 0.277 e. The number of hydrazone groups is 1. The second kappa shape index (κ2) is 9.97. The minimum atomic E-state index is -0.337. The first kappa shape index (κ1) is 18.3. The first-order valence-corrected chi connectivity index (χ1v) is 8.11. The van der Waals surface area contributed by atoms with Gasteiger partial charge in [-0.05, 0) is 67.9 Å². The average Bonchev–Trinajstić information content (AvgIpc) is 2.63. The van der Waals surface area contributed by atoms with E-state index in [9.17, 15) is 4.79 Å². The van der Waals surface area contributed by atoms with Crippen molar-refractivity contribution >= 4 is 12.1 Å². The van der Waals surface area contributed by atoms with Crippen molar-refractivity contribution in [1.82, 2.24) is 5.43 Å². The van der Waals surface area contributed by atoms with Crippen molar-refractivity contribution in [3.8, 4) is 17.2 Å². The maximum absolute atomic E-state index is 11.7. The Bertz CT molecular complexity index is 682. The van der Waals surface area contributed by atoms with Crippen LogP contribution in [0.1, 0.15) is 19.4 Å². The highest BCUT2D eigenvalue weighted by Crippen LogP contribution is 2.17. The topological polar surface area (TPSA) is 69.2 Å². The normalized spacial score (nSPS) is 10.5. The Morgan fingerprint density at radius 2 is 1.36 bits per heavy atom. The fraction of sp³-hybridized carbons (Fsp3) is 0.263. The number of amides is 1. The van der Waals surface area contributed by atoms with E-state index in [4.69, 9.17) is 14.2 Å². The number of nitrogens with one attached hydrogen (secondary N) is 1. The van der Waals surface area contributed by atoms with Gasteiger partial charge in [0.05, 0.1) is 19.4 Å². The van der Waals surface area contributed by atoms with Crippen molar-refractivity contribution < 1.29 is 19.0 Å². The van der Waals surface area contributed by atoms with Crippen LogP contribution >= 0.6 is 0 Å². The van der Waals surface area contributed by atoms with Gasteiger partial charge in [0.25, 0.3) is 5.91 Å². The molecule has 6 nitrogen and oxygen atoms in total. The van der Waals surface area contributed by atoms with E-state index in [0.29, 0.717) is 19.0 Å². The highest BCUT2D eigenvalue weighted by atomic mass is 16.5. The first-order chi connectivity index (χ1) is 12.2. The van der Waals surface area contributed by atoms with Crippen LogP contribution in [0.5, 0.6) is 17.2 Å². The van der Waals surface area contributed by atoms with Gasteiger partial charge < -0.3 is 14.2 Å². The third-order valence-electron chi connectivity index (χ3n) is 3.10. The van der Waals surface area contributed by atoms with Gasteiger partial charge in [-0.2, -0.15) is 5.10 Å². The number of benzene rings is 2. The molecular weight excluding hydrogens is 320 g/mol. The van der Waals surface area contributed by atoms with Gasteiger partial charge in [-0.25, -0.2) is 5.43 Å². The Morgan fingerprint density at radius 1 is 0.880 bits per heavy atom. The smallest absolute Gasteiger partial charge is 0.277 e. The van der Waals surface area contributed by atoms with Crippen LogP contribution in [0.3, 0.4) is 0 Å². The van der Waals surface area contributed by atoms with Crippen molar-refractivity contribution in [1.29, 1.82) is 0 Å². The predicted octanol–water partition coefficient (Wildman–Crippen LogP) is 3.01. The molecule has 0 spiro atoms. The highest BCUT2D eigenvalue weighted by Gasteiger charge is 2.02. The number of carbonyl (C=O) groups excluding carboxylic acids is 1. The Hall–Kier alpha value is -3.02. The molecule has 0 aromatic heterocycles. The number of hydrogen-bond acceptors (Lipinski definition) is 5. The molecule has 6 heteroatoms. The summed E-state index contributed by atoms with van der Waals surface area (Å²) in [7, 11) is 0. The summed E-state index contributed by atoms with van der Waals surface area (Å²) in [5.74, 6) is 1.82. The van der Waals surface area contributed by atoms with Crippen LogP contribution < -0.4 is 19.6 Å². The Kier molecular flexibility index (Phi) is 7.31. The van der Waals surface area contributed by atoms with Crippen molar-refractivity contribution in [2.45, 2.75) is 13.8 Å². The largest absolute Gasteiger partial charge is 0.494 e. The van der Waals surface area contributed by atoms with Crippen LogP contribution in [-0.2, 0) is 4.79 Å². The molecule has 0 aliphatic heterocycles. The van der Waals surface area contributed by atoms with Gasteiger partial charge >= 0.3 is 0 Å². The standard InChI is InChI=1S/C19H22N2O4/c1-3-23-16-7-5-15(6-8-16)13-20-21-19(22)14-25-18-11-9-17(10-12-18)24-4-2/h5-13H,3-4,14H2,1-2H3,(H,21,22)/b20-13-. The lowest BCUT2D eigenvalue weighted by molar-refractivity contribution is -0.123. The highest BCUT2D eigenvalue weighted by molar-refractivity contribution is 5.83. The van der Waals surface area contributed by atoms with Crippen LogP contribution in [0, 0.1) is 0 Å². The molecule has 0 atom stereocenters. The van der Waals surface area contributed by atoms with Crippen LogP contribution in [-0.4, -0.2) is 31.9 Å². The summed E-state index contributed by atoms with van der Waals surface area (Å²) in [4.78, 5) is 11.7. The quantitative estimate of drug-likeness (QED) is 0.562. The van der Waals surface area contributed by atoms with Crippen molar-refractivity contribution in [3.05, 3.63) is 54.1 Å². The molecule has 1 N–H and O–H groups in total. The summed E-state index contributed by atoms with van der Waals surface area (Å²) in [5.41, 5.74) is 3.28. The van der Waals surface area contributed by atoms with Crippen LogP contribution in [0.2, 0.25) is 0 Å². The van der Waals surface area contributed by atoms with E-state index in [1.165, 1.54) is 0 Å². The van der Waals surface area contributed by atoms with Gasteiger partial charge in [-0.3, -0.25) is 4.79 Å². The number of hydrogen-bond donors (Lipinski definition) is 1. The molecule has 0 fully saturated rings. The number of rotatable bonds is 9.